The number of hydrogen-bond donors (Lipinski definition) is 1. The van der Waals surface area contributed by atoms with E-state index in [4.69, 9.17) is 16.3 Å². The number of thiophene rings is 1. The van der Waals surface area contributed by atoms with Crippen LogP contribution < -0.4 is 5.32 Å². The van der Waals surface area contributed by atoms with Crippen molar-refractivity contribution >= 4 is 45.2 Å². The number of carbonyl (C=O) groups excluding carboxylic acids is 1. The third kappa shape index (κ3) is 3.29. The maximum Gasteiger partial charge on any atom is 0.414 e. The largest absolute Gasteiger partial charge is 0.444 e. The Morgan fingerprint density at radius 3 is 2.86 bits per heavy atom. The molecular formula is C14H10ClN3O2S. The Morgan fingerprint density at radius 1 is 1.24 bits per heavy atom. The van der Waals surface area contributed by atoms with Gasteiger partial charge in [0, 0.05) is 5.39 Å². The Bertz CT molecular complexity index is 776. The molecule has 3 aromatic rings. The number of amides is 1. The van der Waals surface area contributed by atoms with E-state index >= 15 is 0 Å². The molecule has 5 nitrogen and oxygen atoms in total. The summed E-state index contributed by atoms with van der Waals surface area (Å²) in [4.78, 5) is 20.7. The van der Waals surface area contributed by atoms with Crippen LogP contribution in [0.25, 0.3) is 10.2 Å². The van der Waals surface area contributed by atoms with Crippen molar-refractivity contribution < 1.29 is 9.53 Å². The van der Waals surface area contributed by atoms with E-state index in [1.807, 2.05) is 41.8 Å². The Balaban J connectivity index is 1.66. The second-order valence-electron chi connectivity index (χ2n) is 4.16. The molecule has 1 amide bonds. The highest BCUT2D eigenvalue weighted by Crippen LogP contribution is 2.26. The highest BCUT2D eigenvalue weighted by Gasteiger charge is 2.10. The van der Waals surface area contributed by atoms with Gasteiger partial charge in [0.2, 0.25) is 5.95 Å². The molecule has 1 aromatic carbocycles. The van der Waals surface area contributed by atoms with Gasteiger partial charge < -0.3 is 4.74 Å². The summed E-state index contributed by atoms with van der Waals surface area (Å²) in [5.74, 6) is 0.132. The fraction of sp³-hybridized carbons (Fsp3) is 0.0714. The smallest absolute Gasteiger partial charge is 0.414 e. The van der Waals surface area contributed by atoms with Crippen LogP contribution in [0.15, 0.2) is 41.8 Å². The number of hydrogen-bond acceptors (Lipinski definition) is 5. The van der Waals surface area contributed by atoms with Gasteiger partial charge in [-0.2, -0.15) is 4.98 Å². The third-order valence-electron chi connectivity index (χ3n) is 2.71. The Labute approximate surface area is 129 Å². The first-order chi connectivity index (χ1) is 10.2. The molecule has 21 heavy (non-hydrogen) atoms. The minimum absolute atomic E-state index is 0.132. The van der Waals surface area contributed by atoms with Crippen LogP contribution in [0.3, 0.4) is 0 Å². The van der Waals surface area contributed by atoms with Crippen LogP contribution in [0.5, 0.6) is 0 Å². The maximum atomic E-state index is 11.7. The monoisotopic (exact) mass is 319 g/mol. The summed E-state index contributed by atoms with van der Waals surface area (Å²) < 4.78 is 5.10. The van der Waals surface area contributed by atoms with Gasteiger partial charge in [-0.25, -0.2) is 9.78 Å². The van der Waals surface area contributed by atoms with Crippen molar-refractivity contribution in [3.63, 3.8) is 0 Å². The number of ether oxygens (including phenoxy) is 1. The third-order valence-corrected chi connectivity index (χ3v) is 3.80. The molecule has 0 fully saturated rings. The summed E-state index contributed by atoms with van der Waals surface area (Å²) in [7, 11) is 0. The molecule has 0 radical (unpaired) electrons. The van der Waals surface area contributed by atoms with E-state index in [2.05, 4.69) is 15.3 Å². The normalized spacial score (nSPS) is 10.5. The van der Waals surface area contributed by atoms with Crippen molar-refractivity contribution in [3.05, 3.63) is 52.5 Å². The molecule has 0 bridgehead atoms. The highest BCUT2D eigenvalue weighted by molar-refractivity contribution is 7.16. The second kappa shape index (κ2) is 6.07. The quantitative estimate of drug-likeness (QED) is 0.738. The molecule has 7 heteroatoms. The number of aromatic nitrogens is 2. The van der Waals surface area contributed by atoms with Crippen molar-refractivity contribution in [3.8, 4) is 0 Å². The molecule has 0 unspecified atom stereocenters. The van der Waals surface area contributed by atoms with Crippen LogP contribution in [-0.4, -0.2) is 16.1 Å². The lowest BCUT2D eigenvalue weighted by Crippen LogP contribution is -2.15. The molecule has 0 aliphatic rings. The lowest BCUT2D eigenvalue weighted by molar-refractivity contribution is 0.155. The zero-order chi connectivity index (χ0) is 14.7. The van der Waals surface area contributed by atoms with Crippen molar-refractivity contribution in [1.82, 2.24) is 9.97 Å². The van der Waals surface area contributed by atoms with E-state index in [-0.39, 0.29) is 12.6 Å². The average Bonchev–Trinajstić information content (AvgIpc) is 2.95. The van der Waals surface area contributed by atoms with Crippen molar-refractivity contribution in [2.45, 2.75) is 6.61 Å². The fourth-order valence-corrected chi connectivity index (χ4v) is 2.78. The van der Waals surface area contributed by atoms with Gasteiger partial charge in [0.15, 0.2) is 0 Å². The summed E-state index contributed by atoms with van der Waals surface area (Å²) in [5.41, 5.74) is 0.903. The molecule has 2 aromatic heterocycles. The van der Waals surface area contributed by atoms with Gasteiger partial charge in [0.05, 0.1) is 0 Å². The minimum Gasteiger partial charge on any atom is -0.444 e. The van der Waals surface area contributed by atoms with Gasteiger partial charge in [-0.05, 0) is 17.0 Å². The summed E-state index contributed by atoms with van der Waals surface area (Å²) in [6.45, 7) is 0.182. The molecule has 3 rings (SSSR count). The number of fused-ring (bicyclic) bond motifs is 1. The SMILES string of the molecule is O=C(Nc1nc(Cl)c2ccsc2n1)OCc1ccccc1. The molecular weight excluding hydrogens is 310 g/mol. The molecule has 2 heterocycles. The molecule has 0 aliphatic heterocycles. The number of nitrogens with zero attached hydrogens (tertiary/aromatic N) is 2. The molecule has 0 saturated carbocycles. The zero-order valence-electron chi connectivity index (χ0n) is 10.7. The van der Waals surface area contributed by atoms with E-state index in [1.54, 1.807) is 0 Å². The Morgan fingerprint density at radius 2 is 2.05 bits per heavy atom. The number of benzene rings is 1. The number of rotatable bonds is 3. The van der Waals surface area contributed by atoms with Gasteiger partial charge in [-0.3, -0.25) is 5.32 Å². The van der Waals surface area contributed by atoms with Crippen LogP contribution in [0, 0.1) is 0 Å². The first-order valence-electron chi connectivity index (χ1n) is 6.11. The summed E-state index contributed by atoms with van der Waals surface area (Å²) in [5, 5.41) is 5.41. The fourth-order valence-electron chi connectivity index (χ4n) is 1.73. The lowest BCUT2D eigenvalue weighted by atomic mass is 10.2. The van der Waals surface area contributed by atoms with Gasteiger partial charge in [0.25, 0.3) is 0 Å². The van der Waals surface area contributed by atoms with Crippen LogP contribution in [0.2, 0.25) is 5.15 Å². The molecule has 106 valence electrons. The standard InChI is InChI=1S/C14H10ClN3O2S/c15-11-10-6-7-21-12(10)17-13(16-11)18-14(19)20-8-9-4-2-1-3-5-9/h1-7H,8H2,(H,16,17,18,19). The molecule has 0 spiro atoms. The van der Waals surface area contributed by atoms with E-state index in [9.17, 15) is 4.79 Å². The summed E-state index contributed by atoms with van der Waals surface area (Å²) >= 11 is 7.45. The molecule has 0 atom stereocenters. The first-order valence-corrected chi connectivity index (χ1v) is 7.36. The van der Waals surface area contributed by atoms with Gasteiger partial charge >= 0.3 is 6.09 Å². The molecule has 1 N–H and O–H groups in total. The van der Waals surface area contributed by atoms with E-state index < -0.39 is 6.09 Å². The Kier molecular flexibility index (Phi) is 3.98. The van der Waals surface area contributed by atoms with Crippen LogP contribution in [0.4, 0.5) is 10.7 Å². The van der Waals surface area contributed by atoms with Crippen molar-refractivity contribution in [2.24, 2.45) is 0 Å². The zero-order valence-corrected chi connectivity index (χ0v) is 12.3. The number of nitrogens with one attached hydrogen (secondary N) is 1. The topological polar surface area (TPSA) is 64.1 Å². The number of halogens is 1. The van der Waals surface area contributed by atoms with Crippen LogP contribution in [0.1, 0.15) is 5.56 Å². The van der Waals surface area contributed by atoms with E-state index in [1.165, 1.54) is 11.3 Å². The van der Waals surface area contributed by atoms with Crippen LogP contribution in [-0.2, 0) is 11.3 Å². The first kappa shape index (κ1) is 13.8. The molecule has 0 aliphatic carbocycles. The Hall–Kier alpha value is -2.18. The lowest BCUT2D eigenvalue weighted by Gasteiger charge is -2.06. The maximum absolute atomic E-state index is 11.7. The predicted molar refractivity (Wildman–Crippen MR) is 82.7 cm³/mol. The van der Waals surface area contributed by atoms with Gasteiger partial charge in [-0.1, -0.05) is 41.9 Å². The predicted octanol–water partition coefficient (Wildman–Crippen LogP) is 4.09. The number of anilines is 1. The molecule has 0 saturated heterocycles. The van der Waals surface area contributed by atoms with Crippen LogP contribution >= 0.6 is 22.9 Å². The summed E-state index contributed by atoms with van der Waals surface area (Å²) in [6, 6.07) is 11.2. The average molecular weight is 320 g/mol. The second-order valence-corrected chi connectivity index (χ2v) is 5.42. The number of carbonyl (C=O) groups is 1. The van der Waals surface area contributed by atoms with E-state index in [0.29, 0.717) is 9.98 Å². The van der Waals surface area contributed by atoms with Gasteiger partial charge in [0.1, 0.15) is 16.6 Å². The van der Waals surface area contributed by atoms with Crippen molar-refractivity contribution in [1.29, 1.82) is 0 Å². The van der Waals surface area contributed by atoms with Crippen molar-refractivity contribution in [2.75, 3.05) is 5.32 Å². The summed E-state index contributed by atoms with van der Waals surface area (Å²) in [6.07, 6.45) is -0.620. The highest BCUT2D eigenvalue weighted by atomic mass is 35.5. The minimum atomic E-state index is -0.620. The van der Waals surface area contributed by atoms with E-state index in [0.717, 1.165) is 10.9 Å². The van der Waals surface area contributed by atoms with Gasteiger partial charge in [-0.15, -0.1) is 11.3 Å².